The zero-order valence-corrected chi connectivity index (χ0v) is 14.8. The van der Waals surface area contributed by atoms with Crippen LogP contribution in [0.25, 0.3) is 11.5 Å². The number of benzene rings is 2. The number of carbonyl (C=O) groups excluding carboxylic acids is 1. The number of hydrogen-bond acceptors (Lipinski definition) is 5. The van der Waals surface area contributed by atoms with Crippen LogP contribution in [0.5, 0.6) is 5.75 Å². The summed E-state index contributed by atoms with van der Waals surface area (Å²) in [7, 11) is 0. The molecular formula is C18H14ClF2N3O3. The highest BCUT2D eigenvalue weighted by Crippen LogP contribution is 2.25. The monoisotopic (exact) mass is 393 g/mol. The second kappa shape index (κ2) is 8.13. The van der Waals surface area contributed by atoms with Crippen molar-refractivity contribution in [2.24, 2.45) is 0 Å². The minimum absolute atomic E-state index is 0.124. The van der Waals surface area contributed by atoms with E-state index in [4.69, 9.17) is 16.1 Å². The first-order valence-electron chi connectivity index (χ1n) is 7.88. The van der Waals surface area contributed by atoms with Crippen LogP contribution in [0.3, 0.4) is 0 Å². The Bertz CT molecular complexity index is 935. The van der Waals surface area contributed by atoms with Gasteiger partial charge < -0.3 is 14.6 Å². The molecule has 0 aliphatic carbocycles. The van der Waals surface area contributed by atoms with Crippen LogP contribution in [-0.4, -0.2) is 22.7 Å². The Balaban J connectivity index is 1.77. The van der Waals surface area contributed by atoms with Gasteiger partial charge in [0.25, 0.3) is 11.8 Å². The fourth-order valence-corrected chi connectivity index (χ4v) is 2.50. The van der Waals surface area contributed by atoms with Crippen molar-refractivity contribution in [3.8, 4) is 17.2 Å². The van der Waals surface area contributed by atoms with Gasteiger partial charge in [-0.2, -0.15) is 13.8 Å². The third-order valence-electron chi connectivity index (χ3n) is 3.60. The van der Waals surface area contributed by atoms with E-state index >= 15 is 0 Å². The molecule has 3 rings (SSSR count). The number of hydrogen-bond donors (Lipinski definition) is 1. The van der Waals surface area contributed by atoms with E-state index in [9.17, 15) is 13.6 Å². The Labute approximate surface area is 158 Å². The molecule has 0 saturated carbocycles. The second-order valence-electron chi connectivity index (χ2n) is 5.54. The summed E-state index contributed by atoms with van der Waals surface area (Å²) in [6.45, 7) is -1.43. The normalized spacial score (nSPS) is 12.0. The molecule has 2 aromatic carbocycles. The van der Waals surface area contributed by atoms with Crippen molar-refractivity contribution in [3.05, 3.63) is 64.9 Å². The van der Waals surface area contributed by atoms with E-state index < -0.39 is 18.6 Å². The molecule has 0 aliphatic heterocycles. The number of halogens is 3. The average molecular weight is 394 g/mol. The molecule has 27 heavy (non-hydrogen) atoms. The quantitative estimate of drug-likeness (QED) is 0.668. The van der Waals surface area contributed by atoms with Gasteiger partial charge in [0.15, 0.2) is 5.82 Å². The first-order chi connectivity index (χ1) is 12.9. The Morgan fingerprint density at radius 1 is 1.22 bits per heavy atom. The van der Waals surface area contributed by atoms with Gasteiger partial charge in [0.05, 0.1) is 11.6 Å². The number of ether oxygens (including phenoxy) is 1. The van der Waals surface area contributed by atoms with Crippen molar-refractivity contribution >= 4 is 17.5 Å². The average Bonchev–Trinajstić information content (AvgIpc) is 3.14. The molecule has 1 amide bonds. The summed E-state index contributed by atoms with van der Waals surface area (Å²) in [6, 6.07) is 12.3. The number of nitrogens with one attached hydrogen (secondary N) is 1. The third-order valence-corrected chi connectivity index (χ3v) is 3.83. The molecule has 9 heteroatoms. The molecule has 0 bridgehead atoms. The molecule has 1 N–H and O–H groups in total. The lowest BCUT2D eigenvalue weighted by Gasteiger charge is -2.13. The molecule has 3 aromatic rings. The van der Waals surface area contributed by atoms with E-state index in [1.165, 1.54) is 18.2 Å². The van der Waals surface area contributed by atoms with Gasteiger partial charge >= 0.3 is 6.61 Å². The van der Waals surface area contributed by atoms with E-state index in [-0.39, 0.29) is 22.2 Å². The Morgan fingerprint density at radius 2 is 1.96 bits per heavy atom. The second-order valence-corrected chi connectivity index (χ2v) is 5.97. The van der Waals surface area contributed by atoms with Crippen LogP contribution < -0.4 is 10.1 Å². The number of rotatable bonds is 6. The predicted octanol–water partition coefficient (Wildman–Crippen LogP) is 4.48. The van der Waals surface area contributed by atoms with E-state index in [1.54, 1.807) is 19.1 Å². The Morgan fingerprint density at radius 3 is 2.67 bits per heavy atom. The highest BCUT2D eigenvalue weighted by molar-refractivity contribution is 6.31. The van der Waals surface area contributed by atoms with Gasteiger partial charge in [-0.05, 0) is 37.3 Å². The maximum Gasteiger partial charge on any atom is 0.387 e. The van der Waals surface area contributed by atoms with Crippen molar-refractivity contribution < 1.29 is 22.8 Å². The maximum absolute atomic E-state index is 12.5. The van der Waals surface area contributed by atoms with Crippen LogP contribution in [0.15, 0.2) is 53.1 Å². The molecule has 1 aromatic heterocycles. The van der Waals surface area contributed by atoms with Crippen LogP contribution in [0.4, 0.5) is 8.78 Å². The van der Waals surface area contributed by atoms with Crippen LogP contribution in [0.1, 0.15) is 29.1 Å². The molecule has 1 heterocycles. The number of alkyl halides is 2. The van der Waals surface area contributed by atoms with Gasteiger partial charge in [-0.1, -0.05) is 35.0 Å². The van der Waals surface area contributed by atoms with Crippen molar-refractivity contribution in [2.75, 3.05) is 0 Å². The smallest absolute Gasteiger partial charge is 0.387 e. The van der Waals surface area contributed by atoms with Crippen LogP contribution in [-0.2, 0) is 0 Å². The minimum Gasteiger partial charge on any atom is -0.434 e. The molecule has 0 aliphatic rings. The number of carbonyl (C=O) groups is 1. The van der Waals surface area contributed by atoms with Crippen molar-refractivity contribution in [3.63, 3.8) is 0 Å². The largest absolute Gasteiger partial charge is 0.434 e. The Hall–Kier alpha value is -3.00. The highest BCUT2D eigenvalue weighted by atomic mass is 35.5. The van der Waals surface area contributed by atoms with Gasteiger partial charge in [-0.3, -0.25) is 4.79 Å². The molecule has 0 saturated heterocycles. The predicted molar refractivity (Wildman–Crippen MR) is 93.7 cm³/mol. The molecular weight excluding hydrogens is 380 g/mol. The first kappa shape index (κ1) is 18.8. The standard InChI is InChI=1S/C18H14ClF2N3O3/c1-10(15-23-17(27-24-15)11-5-3-2-4-6-11)22-16(25)13-9-12(19)7-8-14(13)26-18(20)21/h2-10,18H,1H3,(H,22,25). The van der Waals surface area contributed by atoms with Crippen LogP contribution >= 0.6 is 11.6 Å². The Kier molecular flexibility index (Phi) is 5.66. The maximum atomic E-state index is 12.5. The fraction of sp³-hybridized carbons (Fsp3) is 0.167. The molecule has 0 fully saturated rings. The van der Waals surface area contributed by atoms with E-state index in [0.29, 0.717) is 5.89 Å². The van der Waals surface area contributed by atoms with Gasteiger partial charge in [0, 0.05) is 10.6 Å². The van der Waals surface area contributed by atoms with Gasteiger partial charge in [-0.15, -0.1) is 0 Å². The van der Waals surface area contributed by atoms with Crippen LogP contribution in [0.2, 0.25) is 5.02 Å². The lowest BCUT2D eigenvalue weighted by Crippen LogP contribution is -2.28. The summed E-state index contributed by atoms with van der Waals surface area (Å²) in [5, 5.41) is 6.67. The SMILES string of the molecule is CC(NC(=O)c1cc(Cl)ccc1OC(F)F)c1noc(-c2ccccc2)n1. The third kappa shape index (κ3) is 4.59. The first-order valence-corrected chi connectivity index (χ1v) is 8.26. The number of nitrogens with zero attached hydrogens (tertiary/aromatic N) is 2. The molecule has 1 atom stereocenters. The summed E-state index contributed by atoms with van der Waals surface area (Å²) in [5.74, 6) is -0.402. The van der Waals surface area contributed by atoms with Crippen LogP contribution in [0, 0.1) is 0 Å². The molecule has 0 spiro atoms. The summed E-state index contributed by atoms with van der Waals surface area (Å²) in [4.78, 5) is 16.7. The van der Waals surface area contributed by atoms with E-state index in [2.05, 4.69) is 20.2 Å². The fourth-order valence-electron chi connectivity index (χ4n) is 2.33. The summed E-state index contributed by atoms with van der Waals surface area (Å²) in [5.41, 5.74) is 0.610. The van der Waals surface area contributed by atoms with Crippen molar-refractivity contribution in [1.82, 2.24) is 15.5 Å². The molecule has 140 valence electrons. The van der Waals surface area contributed by atoms with Gasteiger partial charge in [-0.25, -0.2) is 0 Å². The number of aromatic nitrogens is 2. The van der Waals surface area contributed by atoms with E-state index in [0.717, 1.165) is 5.56 Å². The minimum atomic E-state index is -3.07. The lowest BCUT2D eigenvalue weighted by molar-refractivity contribution is -0.0501. The zero-order chi connectivity index (χ0) is 19.4. The topological polar surface area (TPSA) is 77.2 Å². The van der Waals surface area contributed by atoms with Gasteiger partial charge in [0.1, 0.15) is 5.75 Å². The molecule has 6 nitrogen and oxygen atoms in total. The van der Waals surface area contributed by atoms with Crippen molar-refractivity contribution in [2.45, 2.75) is 19.6 Å². The lowest BCUT2D eigenvalue weighted by atomic mass is 10.1. The number of amides is 1. The zero-order valence-electron chi connectivity index (χ0n) is 14.0. The summed E-state index contributed by atoms with van der Waals surface area (Å²) >= 11 is 5.86. The van der Waals surface area contributed by atoms with E-state index in [1.807, 2.05) is 18.2 Å². The summed E-state index contributed by atoms with van der Waals surface area (Å²) < 4.78 is 34.6. The summed E-state index contributed by atoms with van der Waals surface area (Å²) in [6.07, 6.45) is 0. The molecule has 0 radical (unpaired) electrons. The van der Waals surface area contributed by atoms with Crippen molar-refractivity contribution in [1.29, 1.82) is 0 Å². The van der Waals surface area contributed by atoms with Gasteiger partial charge in [0.2, 0.25) is 0 Å². The highest BCUT2D eigenvalue weighted by Gasteiger charge is 2.21. The molecule has 1 unspecified atom stereocenters.